The van der Waals surface area contributed by atoms with Crippen LogP contribution in [0.15, 0.2) is 77.3 Å². The molecule has 0 radical (unpaired) electrons. The van der Waals surface area contributed by atoms with Gasteiger partial charge in [-0.05, 0) is 87.0 Å². The van der Waals surface area contributed by atoms with Crippen LogP contribution in [0.2, 0.25) is 0 Å². The van der Waals surface area contributed by atoms with Gasteiger partial charge in [0.2, 0.25) is 0 Å². The third kappa shape index (κ3) is 2.00. The van der Waals surface area contributed by atoms with Crippen molar-refractivity contribution in [3.63, 3.8) is 0 Å². The second kappa shape index (κ2) is 5.61. The van der Waals surface area contributed by atoms with E-state index in [1.807, 2.05) is 18.2 Å². The average Bonchev–Trinajstić information content (AvgIpc) is 3.14. The van der Waals surface area contributed by atoms with Crippen molar-refractivity contribution in [1.82, 2.24) is 0 Å². The predicted molar refractivity (Wildman–Crippen MR) is 110 cm³/mol. The Hall–Kier alpha value is -2.85. The van der Waals surface area contributed by atoms with Gasteiger partial charge in [0.1, 0.15) is 17.5 Å². The Kier molecular flexibility index (Phi) is 3.30. The lowest BCUT2D eigenvalue weighted by atomic mass is 9.70. The summed E-state index contributed by atoms with van der Waals surface area (Å²) in [4.78, 5) is 0. The van der Waals surface area contributed by atoms with E-state index >= 15 is 0 Å². The van der Waals surface area contributed by atoms with Crippen LogP contribution in [0.1, 0.15) is 22.3 Å². The molecule has 0 saturated heterocycles. The average molecular weight is 449 g/mol. The Balaban J connectivity index is 1.90. The minimum atomic E-state index is -0.984. The lowest BCUT2D eigenvalue weighted by Crippen LogP contribution is -2.26. The first-order valence-corrected chi connectivity index (χ1v) is 10.0. The summed E-state index contributed by atoms with van der Waals surface area (Å²) in [6.07, 6.45) is 0. The van der Waals surface area contributed by atoms with E-state index in [-0.39, 0.29) is 17.5 Å². The van der Waals surface area contributed by atoms with Gasteiger partial charge in [0.15, 0.2) is 0 Å². The number of rotatable bonds is 0. The van der Waals surface area contributed by atoms with E-state index < -0.39 is 5.41 Å². The summed E-state index contributed by atoms with van der Waals surface area (Å²) in [7, 11) is 0. The normalized spacial score (nSPS) is 14.5. The van der Waals surface area contributed by atoms with Crippen LogP contribution in [-0.2, 0) is 5.41 Å². The molecule has 1 spiro atoms. The molecule has 29 heavy (non-hydrogen) atoms. The van der Waals surface area contributed by atoms with Gasteiger partial charge in [0.25, 0.3) is 0 Å². The van der Waals surface area contributed by atoms with Crippen LogP contribution in [-0.4, -0.2) is 0 Å². The quantitative estimate of drug-likeness (QED) is 0.230. The monoisotopic (exact) mass is 448 g/mol. The van der Waals surface area contributed by atoms with Gasteiger partial charge in [-0.1, -0.05) is 46.3 Å². The molecule has 0 fully saturated rings. The van der Waals surface area contributed by atoms with Gasteiger partial charge in [-0.15, -0.1) is 0 Å². The summed E-state index contributed by atoms with van der Waals surface area (Å²) in [5.74, 6) is -1.14. The number of hydrogen-bond acceptors (Lipinski definition) is 0. The molecule has 0 saturated carbocycles. The maximum absolute atomic E-state index is 14.5. The zero-order valence-corrected chi connectivity index (χ0v) is 16.5. The number of benzene rings is 4. The van der Waals surface area contributed by atoms with Gasteiger partial charge in [-0.2, -0.15) is 0 Å². The zero-order valence-electron chi connectivity index (χ0n) is 14.9. The van der Waals surface area contributed by atoms with Crippen LogP contribution in [0, 0.1) is 17.5 Å². The van der Waals surface area contributed by atoms with E-state index in [2.05, 4.69) is 15.9 Å². The van der Waals surface area contributed by atoms with Crippen molar-refractivity contribution in [3.05, 3.63) is 117 Å². The maximum Gasteiger partial charge on any atom is 0.123 e. The molecule has 0 heterocycles. The van der Waals surface area contributed by atoms with Crippen molar-refractivity contribution in [2.75, 3.05) is 0 Å². The molecule has 0 unspecified atom stereocenters. The van der Waals surface area contributed by atoms with Crippen molar-refractivity contribution < 1.29 is 13.2 Å². The Morgan fingerprint density at radius 2 is 1.00 bits per heavy atom. The number of fused-ring (bicyclic) bond motifs is 10. The molecule has 0 aromatic heterocycles. The van der Waals surface area contributed by atoms with E-state index in [1.165, 1.54) is 36.4 Å². The van der Waals surface area contributed by atoms with Crippen molar-refractivity contribution >= 4 is 15.9 Å². The highest BCUT2D eigenvalue weighted by atomic mass is 79.9. The summed E-state index contributed by atoms with van der Waals surface area (Å²) < 4.78 is 44.2. The third-order valence-corrected chi connectivity index (χ3v) is 6.79. The van der Waals surface area contributed by atoms with E-state index in [0.717, 1.165) is 32.3 Å². The zero-order chi connectivity index (χ0) is 19.9. The Morgan fingerprint density at radius 3 is 1.48 bits per heavy atom. The highest BCUT2D eigenvalue weighted by Crippen LogP contribution is 2.64. The lowest BCUT2D eigenvalue weighted by molar-refractivity contribution is 0.612. The Labute approximate surface area is 173 Å². The van der Waals surface area contributed by atoms with E-state index in [9.17, 15) is 13.2 Å². The molecule has 2 aliphatic rings. The summed E-state index contributed by atoms with van der Waals surface area (Å²) >= 11 is 3.67. The van der Waals surface area contributed by atoms with Gasteiger partial charge in [-0.3, -0.25) is 0 Å². The maximum atomic E-state index is 14.5. The molecule has 140 valence electrons. The number of hydrogen-bond donors (Lipinski definition) is 0. The lowest BCUT2D eigenvalue weighted by Gasteiger charge is -2.31. The standard InChI is InChI=1S/C25H12BrF3/c26-23-3-1-2-19-18-9-6-15(29)12-22(18)25(24(19)23)20-10-13(27)4-7-16(20)17-8-5-14(28)11-21(17)25/h1-12H. The minimum absolute atomic E-state index is 0.380. The van der Waals surface area contributed by atoms with Gasteiger partial charge in [0, 0.05) is 4.47 Å². The van der Waals surface area contributed by atoms with E-state index in [4.69, 9.17) is 0 Å². The van der Waals surface area contributed by atoms with Crippen LogP contribution in [0.5, 0.6) is 0 Å². The first kappa shape index (κ1) is 17.0. The minimum Gasteiger partial charge on any atom is -0.207 e. The first-order valence-electron chi connectivity index (χ1n) is 9.21. The largest absolute Gasteiger partial charge is 0.207 e. The third-order valence-electron chi connectivity index (χ3n) is 6.13. The summed E-state index contributed by atoms with van der Waals surface area (Å²) in [5, 5.41) is 0. The summed E-state index contributed by atoms with van der Waals surface area (Å²) in [5.41, 5.74) is 5.48. The second-order valence-electron chi connectivity index (χ2n) is 7.48. The molecule has 4 aromatic carbocycles. The molecular formula is C25H12BrF3. The van der Waals surface area contributed by atoms with Crippen LogP contribution < -0.4 is 0 Å². The fraction of sp³-hybridized carbons (Fsp3) is 0.0400. The second-order valence-corrected chi connectivity index (χ2v) is 8.34. The van der Waals surface area contributed by atoms with Gasteiger partial charge < -0.3 is 0 Å². The highest BCUT2D eigenvalue weighted by molar-refractivity contribution is 9.10. The highest BCUT2D eigenvalue weighted by Gasteiger charge is 2.53. The fourth-order valence-electron chi connectivity index (χ4n) is 5.15. The van der Waals surface area contributed by atoms with Gasteiger partial charge in [-0.25, -0.2) is 13.2 Å². The first-order chi connectivity index (χ1) is 14.0. The van der Waals surface area contributed by atoms with Crippen LogP contribution in [0.3, 0.4) is 0 Å². The van der Waals surface area contributed by atoms with Gasteiger partial charge >= 0.3 is 0 Å². The molecule has 0 nitrogen and oxygen atoms in total. The molecular weight excluding hydrogens is 437 g/mol. The molecule has 4 heteroatoms. The summed E-state index contributed by atoms with van der Waals surface area (Å²) in [6.45, 7) is 0. The Bertz CT molecular complexity index is 1280. The van der Waals surface area contributed by atoms with Crippen LogP contribution in [0.25, 0.3) is 22.3 Å². The molecule has 0 atom stereocenters. The van der Waals surface area contributed by atoms with Crippen molar-refractivity contribution in [2.45, 2.75) is 5.41 Å². The molecule has 4 aromatic rings. The fourth-order valence-corrected chi connectivity index (χ4v) is 5.82. The SMILES string of the molecule is Fc1ccc2c(c1)C1(c3cc(F)ccc3-2)c2cc(F)ccc2-c2cccc(Br)c21. The van der Waals surface area contributed by atoms with Crippen LogP contribution in [0.4, 0.5) is 13.2 Å². The smallest absolute Gasteiger partial charge is 0.123 e. The van der Waals surface area contributed by atoms with Gasteiger partial charge in [0.05, 0.1) is 5.41 Å². The van der Waals surface area contributed by atoms with Crippen LogP contribution >= 0.6 is 15.9 Å². The molecule has 0 bridgehead atoms. The topological polar surface area (TPSA) is 0 Å². The van der Waals surface area contributed by atoms with E-state index in [1.54, 1.807) is 18.2 Å². The van der Waals surface area contributed by atoms with Crippen molar-refractivity contribution in [2.24, 2.45) is 0 Å². The summed E-state index contributed by atoms with van der Waals surface area (Å²) in [6, 6.07) is 19.7. The Morgan fingerprint density at radius 1 is 0.552 bits per heavy atom. The van der Waals surface area contributed by atoms with E-state index in [0.29, 0.717) is 16.7 Å². The van der Waals surface area contributed by atoms with Crippen molar-refractivity contribution in [1.29, 1.82) is 0 Å². The predicted octanol–water partition coefficient (Wildman–Crippen LogP) is 7.21. The molecule has 0 amide bonds. The molecule has 0 N–H and O–H groups in total. The molecule has 0 aliphatic heterocycles. The molecule has 6 rings (SSSR count). The molecule has 2 aliphatic carbocycles. The van der Waals surface area contributed by atoms with Crippen molar-refractivity contribution in [3.8, 4) is 22.3 Å². The number of halogens is 4.